The van der Waals surface area contributed by atoms with Crippen molar-refractivity contribution in [2.75, 3.05) is 0 Å². The van der Waals surface area contributed by atoms with E-state index in [-0.39, 0.29) is 24.0 Å². The molecule has 72 valence electrons. The molecule has 0 amide bonds. The molecule has 2 bridgehead atoms. The number of hydrogen-bond donors (Lipinski definition) is 0. The molecule has 0 aromatic carbocycles. The molecule has 1 saturated heterocycles. The Morgan fingerprint density at radius 2 is 1.38 bits per heavy atom. The lowest BCUT2D eigenvalue weighted by Gasteiger charge is -2.31. The first-order chi connectivity index (χ1) is 6.04. The van der Waals surface area contributed by atoms with Crippen molar-refractivity contribution in [3.8, 4) is 0 Å². The predicted octanol–water partition coefficient (Wildman–Crippen LogP) is 1.95. The van der Waals surface area contributed by atoms with Crippen LogP contribution < -0.4 is 0 Å². The fourth-order valence-electron chi connectivity index (χ4n) is 2.51. The average Bonchev–Trinajstić information content (AvgIpc) is 2.38. The Morgan fingerprint density at radius 1 is 1.00 bits per heavy atom. The highest BCUT2D eigenvalue weighted by atomic mass is 16.5. The van der Waals surface area contributed by atoms with Gasteiger partial charge in [-0.1, -0.05) is 13.8 Å². The molecule has 2 heterocycles. The van der Waals surface area contributed by atoms with Crippen LogP contribution in [-0.4, -0.2) is 18.0 Å². The first-order valence-corrected chi connectivity index (χ1v) is 4.90. The lowest BCUT2D eigenvalue weighted by atomic mass is 9.87. The molecule has 1 fully saturated rings. The third-order valence-electron chi connectivity index (χ3n) is 3.57. The van der Waals surface area contributed by atoms with Crippen LogP contribution in [0.5, 0.6) is 0 Å². The van der Waals surface area contributed by atoms with Gasteiger partial charge >= 0.3 is 0 Å². The van der Waals surface area contributed by atoms with E-state index in [1.54, 1.807) is 0 Å². The van der Waals surface area contributed by atoms with Crippen molar-refractivity contribution >= 4 is 5.78 Å². The maximum absolute atomic E-state index is 11.8. The predicted molar refractivity (Wildman–Crippen MR) is 50.4 cm³/mol. The van der Waals surface area contributed by atoms with E-state index in [4.69, 9.17) is 4.74 Å². The molecule has 0 spiro atoms. The van der Waals surface area contributed by atoms with Gasteiger partial charge in [-0.2, -0.15) is 0 Å². The van der Waals surface area contributed by atoms with Crippen molar-refractivity contribution in [2.24, 2.45) is 11.8 Å². The average molecular weight is 180 g/mol. The fourth-order valence-corrected chi connectivity index (χ4v) is 2.51. The van der Waals surface area contributed by atoms with Crippen molar-refractivity contribution < 1.29 is 9.53 Å². The Labute approximate surface area is 79.0 Å². The summed E-state index contributed by atoms with van der Waals surface area (Å²) >= 11 is 0. The molecule has 0 aliphatic carbocycles. The molecule has 2 aliphatic rings. The molecule has 0 N–H and O–H groups in total. The van der Waals surface area contributed by atoms with Crippen LogP contribution >= 0.6 is 0 Å². The van der Waals surface area contributed by atoms with Gasteiger partial charge in [0.2, 0.25) is 0 Å². The van der Waals surface area contributed by atoms with Crippen LogP contribution in [0.2, 0.25) is 0 Å². The topological polar surface area (TPSA) is 26.3 Å². The first kappa shape index (κ1) is 8.95. The molecule has 4 atom stereocenters. The number of ketones is 1. The minimum atomic E-state index is 0.0451. The van der Waals surface area contributed by atoms with Crippen LogP contribution in [0.4, 0.5) is 0 Å². The molecule has 0 aromatic rings. The summed E-state index contributed by atoms with van der Waals surface area (Å²) < 4.78 is 5.82. The lowest BCUT2D eigenvalue weighted by molar-refractivity contribution is -0.143. The zero-order chi connectivity index (χ0) is 9.75. The summed E-state index contributed by atoms with van der Waals surface area (Å²) in [5.41, 5.74) is 2.55. The van der Waals surface area contributed by atoms with Gasteiger partial charge in [-0.15, -0.1) is 0 Å². The van der Waals surface area contributed by atoms with Crippen LogP contribution in [0, 0.1) is 11.8 Å². The van der Waals surface area contributed by atoms with E-state index in [9.17, 15) is 4.79 Å². The maximum atomic E-state index is 11.8. The summed E-state index contributed by atoms with van der Waals surface area (Å²) in [6, 6.07) is 0. The zero-order valence-electron chi connectivity index (χ0n) is 8.63. The van der Waals surface area contributed by atoms with Crippen molar-refractivity contribution in [1.82, 2.24) is 0 Å². The largest absolute Gasteiger partial charge is 0.365 e. The van der Waals surface area contributed by atoms with Crippen molar-refractivity contribution in [1.29, 1.82) is 0 Å². The highest BCUT2D eigenvalue weighted by Gasteiger charge is 2.46. The minimum absolute atomic E-state index is 0.0451. The third-order valence-corrected chi connectivity index (χ3v) is 3.57. The molecule has 0 unspecified atom stereocenters. The molecule has 0 radical (unpaired) electrons. The Bertz CT molecular complexity index is 264. The van der Waals surface area contributed by atoms with Crippen LogP contribution in [0.15, 0.2) is 11.1 Å². The second-order valence-corrected chi connectivity index (χ2v) is 4.32. The zero-order valence-corrected chi connectivity index (χ0v) is 8.63. The summed E-state index contributed by atoms with van der Waals surface area (Å²) in [5, 5.41) is 0. The van der Waals surface area contributed by atoms with E-state index in [0.717, 1.165) is 0 Å². The SMILES string of the molecule is CC1=C(C)[C@@H]2O[C@H]1[C@H](C)C(=O)[C@@H]2C. The second-order valence-electron chi connectivity index (χ2n) is 4.32. The van der Waals surface area contributed by atoms with Crippen molar-refractivity contribution in [3.05, 3.63) is 11.1 Å². The van der Waals surface area contributed by atoms with E-state index < -0.39 is 0 Å². The minimum Gasteiger partial charge on any atom is -0.365 e. The number of fused-ring (bicyclic) bond motifs is 2. The molecular formula is C11H16O2. The molecule has 13 heavy (non-hydrogen) atoms. The van der Waals surface area contributed by atoms with Gasteiger partial charge in [0.25, 0.3) is 0 Å². The number of Topliss-reactive ketones (excluding diaryl/α,β-unsaturated/α-hetero) is 1. The lowest BCUT2D eigenvalue weighted by Crippen LogP contribution is -2.42. The second kappa shape index (κ2) is 2.68. The van der Waals surface area contributed by atoms with E-state index in [1.165, 1.54) is 11.1 Å². The van der Waals surface area contributed by atoms with Gasteiger partial charge in [-0.3, -0.25) is 4.79 Å². The Kier molecular flexibility index (Phi) is 1.84. The normalized spacial score (nSPS) is 44.5. The molecule has 2 nitrogen and oxygen atoms in total. The van der Waals surface area contributed by atoms with E-state index >= 15 is 0 Å². The summed E-state index contributed by atoms with van der Waals surface area (Å²) in [6.07, 6.45) is 0.127. The molecular weight excluding hydrogens is 164 g/mol. The van der Waals surface area contributed by atoms with Crippen LogP contribution in [0.3, 0.4) is 0 Å². The van der Waals surface area contributed by atoms with Crippen molar-refractivity contribution in [2.45, 2.75) is 39.9 Å². The Morgan fingerprint density at radius 3 is 1.77 bits per heavy atom. The van der Waals surface area contributed by atoms with Crippen molar-refractivity contribution in [3.63, 3.8) is 0 Å². The van der Waals surface area contributed by atoms with E-state index in [0.29, 0.717) is 5.78 Å². The third kappa shape index (κ3) is 1.01. The number of ether oxygens (including phenoxy) is 1. The fraction of sp³-hybridized carbons (Fsp3) is 0.727. The Balaban J connectivity index is 2.41. The summed E-state index contributed by atoms with van der Waals surface area (Å²) in [4.78, 5) is 11.8. The standard InChI is InChI=1S/C11H16O2/c1-5-6(2)11-8(4)9(12)7(3)10(5)13-11/h7-8,10-11H,1-4H3/t7-,8+,10-,11+. The van der Waals surface area contributed by atoms with Gasteiger partial charge in [0.15, 0.2) is 0 Å². The molecule has 2 heteroatoms. The summed E-state index contributed by atoms with van der Waals surface area (Å²) in [6.45, 7) is 8.12. The van der Waals surface area contributed by atoms with Gasteiger partial charge in [-0.05, 0) is 25.0 Å². The smallest absolute Gasteiger partial charge is 0.144 e. The van der Waals surface area contributed by atoms with E-state index in [2.05, 4.69) is 13.8 Å². The highest BCUT2D eigenvalue weighted by Crippen LogP contribution is 2.40. The molecule has 0 aromatic heterocycles. The van der Waals surface area contributed by atoms with Gasteiger partial charge in [0.1, 0.15) is 5.78 Å². The van der Waals surface area contributed by atoms with Crippen LogP contribution in [-0.2, 0) is 9.53 Å². The van der Waals surface area contributed by atoms with Gasteiger partial charge in [0, 0.05) is 11.8 Å². The van der Waals surface area contributed by atoms with E-state index in [1.807, 2.05) is 13.8 Å². The van der Waals surface area contributed by atoms with Crippen LogP contribution in [0.1, 0.15) is 27.7 Å². The number of carbonyl (C=O) groups excluding carboxylic acids is 1. The Hall–Kier alpha value is -0.630. The van der Waals surface area contributed by atoms with Gasteiger partial charge in [0.05, 0.1) is 12.2 Å². The molecule has 2 aliphatic heterocycles. The summed E-state index contributed by atoms with van der Waals surface area (Å²) in [7, 11) is 0. The first-order valence-electron chi connectivity index (χ1n) is 4.90. The molecule has 0 saturated carbocycles. The summed E-state index contributed by atoms with van der Waals surface area (Å²) in [5.74, 6) is 0.449. The van der Waals surface area contributed by atoms with Gasteiger partial charge in [-0.25, -0.2) is 0 Å². The number of rotatable bonds is 0. The highest BCUT2D eigenvalue weighted by molar-refractivity contribution is 5.86. The number of carbonyl (C=O) groups is 1. The maximum Gasteiger partial charge on any atom is 0.144 e. The van der Waals surface area contributed by atoms with Crippen LogP contribution in [0.25, 0.3) is 0 Å². The number of hydrogen-bond acceptors (Lipinski definition) is 2. The molecule has 2 rings (SSSR count). The monoisotopic (exact) mass is 180 g/mol. The van der Waals surface area contributed by atoms with Gasteiger partial charge < -0.3 is 4.74 Å². The quantitative estimate of drug-likeness (QED) is 0.532.